The minimum atomic E-state index is -0.997. The first-order chi connectivity index (χ1) is 12.1. The van der Waals surface area contributed by atoms with E-state index in [1.807, 2.05) is 6.07 Å². The molecule has 0 spiro atoms. The maximum Gasteiger partial charge on any atom is 0.335 e. The zero-order valence-electron chi connectivity index (χ0n) is 13.0. The van der Waals surface area contributed by atoms with Crippen molar-refractivity contribution in [1.82, 2.24) is 9.97 Å². The van der Waals surface area contributed by atoms with Gasteiger partial charge in [-0.3, -0.25) is 4.98 Å². The Bertz CT molecular complexity index is 1110. The Balaban J connectivity index is 1.94. The lowest BCUT2D eigenvalue weighted by Gasteiger charge is -2.12. The van der Waals surface area contributed by atoms with Gasteiger partial charge >= 0.3 is 5.97 Å². The number of aromatic hydroxyl groups is 1. The van der Waals surface area contributed by atoms with Gasteiger partial charge in [-0.15, -0.1) is 0 Å². The molecule has 0 unspecified atom stereocenters. The topological polar surface area (TPSA) is 95.3 Å². The number of rotatable bonds is 3. The molecular weight excluding hydrogens is 318 g/mol. The second-order valence-corrected chi connectivity index (χ2v) is 5.59. The molecule has 4 rings (SSSR count). The lowest BCUT2D eigenvalue weighted by molar-refractivity contribution is 0.0697. The van der Waals surface area contributed by atoms with Gasteiger partial charge in [0.05, 0.1) is 11.1 Å². The van der Waals surface area contributed by atoms with Crippen LogP contribution in [-0.2, 0) is 0 Å². The van der Waals surface area contributed by atoms with Crippen LogP contribution >= 0.6 is 0 Å². The van der Waals surface area contributed by atoms with Crippen molar-refractivity contribution in [3.8, 4) is 5.75 Å². The van der Waals surface area contributed by atoms with E-state index in [0.29, 0.717) is 11.3 Å². The van der Waals surface area contributed by atoms with Crippen molar-refractivity contribution >= 4 is 39.1 Å². The van der Waals surface area contributed by atoms with Gasteiger partial charge < -0.3 is 15.5 Å². The number of carbonyl (C=O) groups is 1. The third-order valence-electron chi connectivity index (χ3n) is 3.97. The fourth-order valence-electron chi connectivity index (χ4n) is 2.76. The number of anilines is 2. The highest BCUT2D eigenvalue weighted by Gasteiger charge is 2.11. The molecule has 0 fully saturated rings. The van der Waals surface area contributed by atoms with Crippen LogP contribution in [0.4, 0.5) is 11.5 Å². The maximum absolute atomic E-state index is 11.2. The van der Waals surface area contributed by atoms with Crippen LogP contribution in [0.15, 0.2) is 60.9 Å². The minimum Gasteiger partial charge on any atom is -0.508 e. The zero-order valence-corrected chi connectivity index (χ0v) is 13.0. The summed E-state index contributed by atoms with van der Waals surface area (Å²) in [5, 5.41) is 24.4. The van der Waals surface area contributed by atoms with Crippen LogP contribution in [-0.4, -0.2) is 26.2 Å². The Morgan fingerprint density at radius 3 is 2.52 bits per heavy atom. The van der Waals surface area contributed by atoms with Crippen molar-refractivity contribution in [2.75, 3.05) is 5.32 Å². The first kappa shape index (κ1) is 14.9. The van der Waals surface area contributed by atoms with Crippen molar-refractivity contribution in [3.63, 3.8) is 0 Å². The Morgan fingerprint density at radius 2 is 1.76 bits per heavy atom. The number of phenols is 1. The van der Waals surface area contributed by atoms with Crippen LogP contribution in [0, 0.1) is 0 Å². The number of phenolic OH excluding ortho intramolecular Hbond substituents is 1. The summed E-state index contributed by atoms with van der Waals surface area (Å²) in [7, 11) is 0. The zero-order chi connectivity index (χ0) is 17.4. The van der Waals surface area contributed by atoms with E-state index in [4.69, 9.17) is 0 Å². The van der Waals surface area contributed by atoms with Crippen LogP contribution in [0.3, 0.4) is 0 Å². The smallest absolute Gasteiger partial charge is 0.335 e. The van der Waals surface area contributed by atoms with Crippen LogP contribution in [0.1, 0.15) is 10.4 Å². The molecular formula is C19H13N3O3. The highest BCUT2D eigenvalue weighted by Crippen LogP contribution is 2.31. The Labute approximate surface area is 142 Å². The monoisotopic (exact) mass is 331 g/mol. The van der Waals surface area contributed by atoms with Crippen molar-refractivity contribution in [2.45, 2.75) is 0 Å². The van der Waals surface area contributed by atoms with Gasteiger partial charge in [-0.1, -0.05) is 6.07 Å². The average molecular weight is 331 g/mol. The van der Waals surface area contributed by atoms with Crippen LogP contribution in [0.5, 0.6) is 5.75 Å². The lowest BCUT2D eigenvalue weighted by Crippen LogP contribution is -1.99. The number of hydrogen-bond donors (Lipinski definition) is 3. The molecule has 0 saturated carbocycles. The SMILES string of the molecule is O=C(O)c1ccc2c(c1)nc(Nc1ccc(O)cc1)c1ccncc12. The number of aromatic carboxylic acids is 1. The van der Waals surface area contributed by atoms with E-state index in [1.165, 1.54) is 0 Å². The molecule has 4 aromatic rings. The normalized spacial score (nSPS) is 10.9. The number of hydrogen-bond acceptors (Lipinski definition) is 5. The van der Waals surface area contributed by atoms with E-state index < -0.39 is 5.97 Å². The van der Waals surface area contributed by atoms with Gasteiger partial charge in [-0.05, 0) is 42.5 Å². The molecule has 6 nitrogen and oxygen atoms in total. The lowest BCUT2D eigenvalue weighted by atomic mass is 10.1. The summed E-state index contributed by atoms with van der Waals surface area (Å²) in [5.41, 5.74) is 1.51. The van der Waals surface area contributed by atoms with Crippen molar-refractivity contribution in [1.29, 1.82) is 0 Å². The van der Waals surface area contributed by atoms with E-state index >= 15 is 0 Å². The molecule has 0 bridgehead atoms. The highest BCUT2D eigenvalue weighted by atomic mass is 16.4. The number of nitrogens with zero attached hydrogens (tertiary/aromatic N) is 2. The molecule has 0 aliphatic heterocycles. The molecule has 0 saturated heterocycles. The van der Waals surface area contributed by atoms with Gasteiger partial charge in [0, 0.05) is 34.2 Å². The van der Waals surface area contributed by atoms with Crippen LogP contribution in [0.25, 0.3) is 21.7 Å². The number of nitrogens with one attached hydrogen (secondary N) is 1. The largest absolute Gasteiger partial charge is 0.508 e. The molecule has 0 radical (unpaired) electrons. The minimum absolute atomic E-state index is 0.178. The summed E-state index contributed by atoms with van der Waals surface area (Å²) in [6.45, 7) is 0. The average Bonchev–Trinajstić information content (AvgIpc) is 2.63. The standard InChI is InChI=1S/C19H13N3O3/c23-13-4-2-12(3-5-13)21-18-15-7-8-20-10-16(15)14-6-1-11(19(24)25)9-17(14)22-18/h1-10,23H,(H,21,22)(H,24,25). The van der Waals surface area contributed by atoms with Crippen molar-refractivity contribution in [3.05, 3.63) is 66.5 Å². The number of benzene rings is 2. The van der Waals surface area contributed by atoms with Gasteiger partial charge in [0.1, 0.15) is 11.6 Å². The molecule has 6 heteroatoms. The number of fused-ring (bicyclic) bond motifs is 3. The quantitative estimate of drug-likeness (QED) is 0.389. The Morgan fingerprint density at radius 1 is 0.960 bits per heavy atom. The molecule has 122 valence electrons. The van der Waals surface area contributed by atoms with E-state index in [9.17, 15) is 15.0 Å². The molecule has 0 amide bonds. The molecule has 3 N–H and O–H groups in total. The highest BCUT2D eigenvalue weighted by molar-refractivity contribution is 6.11. The fraction of sp³-hybridized carbons (Fsp3) is 0. The molecule has 0 aliphatic rings. The van der Waals surface area contributed by atoms with E-state index in [2.05, 4.69) is 15.3 Å². The second kappa shape index (κ2) is 5.76. The van der Waals surface area contributed by atoms with E-state index in [-0.39, 0.29) is 11.3 Å². The summed E-state index contributed by atoms with van der Waals surface area (Å²) >= 11 is 0. The van der Waals surface area contributed by atoms with Gasteiger partial charge in [0.25, 0.3) is 0 Å². The molecule has 2 aromatic carbocycles. The summed E-state index contributed by atoms with van der Waals surface area (Å²) < 4.78 is 0. The number of carboxylic acids is 1. The first-order valence-electron chi connectivity index (χ1n) is 7.59. The predicted molar refractivity (Wildman–Crippen MR) is 95.4 cm³/mol. The second-order valence-electron chi connectivity index (χ2n) is 5.59. The number of pyridine rings is 2. The molecule has 0 atom stereocenters. The molecule has 0 aliphatic carbocycles. The Hall–Kier alpha value is -3.67. The van der Waals surface area contributed by atoms with E-state index in [1.54, 1.807) is 54.9 Å². The van der Waals surface area contributed by atoms with Gasteiger partial charge in [-0.25, -0.2) is 9.78 Å². The van der Waals surface area contributed by atoms with Gasteiger partial charge in [0.15, 0.2) is 0 Å². The van der Waals surface area contributed by atoms with Gasteiger partial charge in [0.2, 0.25) is 0 Å². The fourth-order valence-corrected chi connectivity index (χ4v) is 2.76. The molecule has 2 heterocycles. The summed E-state index contributed by atoms with van der Waals surface area (Å²) in [5.74, 6) is -0.224. The third-order valence-corrected chi connectivity index (χ3v) is 3.97. The van der Waals surface area contributed by atoms with Crippen LogP contribution in [0.2, 0.25) is 0 Å². The van der Waals surface area contributed by atoms with Crippen molar-refractivity contribution < 1.29 is 15.0 Å². The summed E-state index contributed by atoms with van der Waals surface area (Å²) in [6, 6.07) is 13.4. The van der Waals surface area contributed by atoms with E-state index in [0.717, 1.165) is 21.8 Å². The first-order valence-corrected chi connectivity index (χ1v) is 7.59. The molecule has 25 heavy (non-hydrogen) atoms. The number of carboxylic acid groups (broad SMARTS) is 1. The van der Waals surface area contributed by atoms with Gasteiger partial charge in [-0.2, -0.15) is 0 Å². The van der Waals surface area contributed by atoms with Crippen LogP contribution < -0.4 is 5.32 Å². The third kappa shape index (κ3) is 2.70. The summed E-state index contributed by atoms with van der Waals surface area (Å²) in [6.07, 6.45) is 3.42. The molecule has 2 aromatic heterocycles. The maximum atomic E-state index is 11.2. The number of aromatic nitrogens is 2. The summed E-state index contributed by atoms with van der Waals surface area (Å²) in [4.78, 5) is 20.0. The Kier molecular flexibility index (Phi) is 3.43. The predicted octanol–water partition coefficient (Wildman–Crippen LogP) is 3.93. The van der Waals surface area contributed by atoms with Crippen molar-refractivity contribution in [2.24, 2.45) is 0 Å².